The first-order chi connectivity index (χ1) is 10.6. The van der Waals surface area contributed by atoms with Crippen LogP contribution in [0.3, 0.4) is 0 Å². The first-order valence-corrected chi connectivity index (χ1v) is 7.06. The number of hydrogen-bond acceptors (Lipinski definition) is 4. The molecular formula is C18H18O4. The molecule has 0 aliphatic heterocycles. The molecule has 0 unspecified atom stereocenters. The molecule has 0 bridgehead atoms. The summed E-state index contributed by atoms with van der Waals surface area (Å²) in [6.07, 6.45) is 0.675. The molecule has 0 saturated heterocycles. The Labute approximate surface area is 129 Å². The number of carbonyl (C=O) groups is 1. The van der Waals surface area contributed by atoms with E-state index in [-0.39, 0.29) is 5.78 Å². The standard InChI is InChI=1S/C18H18O4/c1-10-5-11-6-12-7-13(20-2)8-16(22-4)17(12)18(19)14(11)9-15(10)21-3/h5,7-9H,6H2,1-4H3. The van der Waals surface area contributed by atoms with Crippen molar-refractivity contribution < 1.29 is 19.0 Å². The van der Waals surface area contributed by atoms with Crippen LogP contribution in [0.1, 0.15) is 32.6 Å². The van der Waals surface area contributed by atoms with Gasteiger partial charge < -0.3 is 14.2 Å². The molecule has 0 aromatic heterocycles. The lowest BCUT2D eigenvalue weighted by molar-refractivity contribution is 0.103. The van der Waals surface area contributed by atoms with Gasteiger partial charge in [-0.1, -0.05) is 6.07 Å². The predicted octanol–water partition coefficient (Wildman–Crippen LogP) is 3.16. The number of ether oxygens (including phenoxy) is 3. The van der Waals surface area contributed by atoms with E-state index in [2.05, 4.69) is 0 Å². The van der Waals surface area contributed by atoms with Gasteiger partial charge in [-0.2, -0.15) is 0 Å². The zero-order valence-electron chi connectivity index (χ0n) is 13.1. The van der Waals surface area contributed by atoms with Crippen molar-refractivity contribution in [3.8, 4) is 17.2 Å². The number of hydrogen-bond donors (Lipinski definition) is 0. The van der Waals surface area contributed by atoms with Crippen molar-refractivity contribution in [1.82, 2.24) is 0 Å². The summed E-state index contributed by atoms with van der Waals surface area (Å²) in [5.41, 5.74) is 4.25. The van der Waals surface area contributed by atoms with E-state index in [0.29, 0.717) is 29.0 Å². The smallest absolute Gasteiger partial charge is 0.197 e. The molecule has 0 saturated carbocycles. The number of rotatable bonds is 3. The third-order valence-corrected chi connectivity index (χ3v) is 4.09. The molecule has 2 aromatic rings. The van der Waals surface area contributed by atoms with Crippen LogP contribution in [-0.2, 0) is 6.42 Å². The fourth-order valence-electron chi connectivity index (χ4n) is 2.99. The number of methoxy groups -OCH3 is 3. The van der Waals surface area contributed by atoms with Gasteiger partial charge in [0.1, 0.15) is 17.2 Å². The molecule has 0 amide bonds. The number of ketones is 1. The van der Waals surface area contributed by atoms with Crippen LogP contribution in [0.5, 0.6) is 17.2 Å². The molecule has 0 spiro atoms. The summed E-state index contributed by atoms with van der Waals surface area (Å²) < 4.78 is 16.0. The van der Waals surface area contributed by atoms with E-state index in [0.717, 1.165) is 22.4 Å². The average Bonchev–Trinajstić information content (AvgIpc) is 2.53. The number of carbonyl (C=O) groups excluding carboxylic acids is 1. The summed E-state index contributed by atoms with van der Waals surface area (Å²) in [7, 11) is 4.78. The monoisotopic (exact) mass is 298 g/mol. The van der Waals surface area contributed by atoms with Crippen LogP contribution in [0.15, 0.2) is 24.3 Å². The summed E-state index contributed by atoms with van der Waals surface area (Å²) in [4.78, 5) is 12.9. The summed E-state index contributed by atoms with van der Waals surface area (Å²) >= 11 is 0. The molecule has 4 nitrogen and oxygen atoms in total. The Kier molecular flexibility index (Phi) is 3.53. The van der Waals surface area contributed by atoms with Gasteiger partial charge in [0.15, 0.2) is 5.78 Å². The molecule has 0 heterocycles. The Morgan fingerprint density at radius 2 is 1.59 bits per heavy atom. The van der Waals surface area contributed by atoms with Crippen LogP contribution >= 0.6 is 0 Å². The van der Waals surface area contributed by atoms with Crippen molar-refractivity contribution >= 4 is 5.78 Å². The van der Waals surface area contributed by atoms with Gasteiger partial charge in [0, 0.05) is 11.6 Å². The van der Waals surface area contributed by atoms with Gasteiger partial charge in [0.05, 0.1) is 26.9 Å². The quantitative estimate of drug-likeness (QED) is 0.745. The Hall–Kier alpha value is -2.49. The minimum Gasteiger partial charge on any atom is -0.497 e. The van der Waals surface area contributed by atoms with Crippen LogP contribution < -0.4 is 14.2 Å². The van der Waals surface area contributed by atoms with Crippen molar-refractivity contribution in [1.29, 1.82) is 0 Å². The molecule has 2 aromatic carbocycles. The third-order valence-electron chi connectivity index (χ3n) is 4.09. The van der Waals surface area contributed by atoms with E-state index < -0.39 is 0 Å². The molecule has 22 heavy (non-hydrogen) atoms. The minimum absolute atomic E-state index is 0.0333. The van der Waals surface area contributed by atoms with Crippen LogP contribution in [0.25, 0.3) is 0 Å². The van der Waals surface area contributed by atoms with Gasteiger partial charge in [-0.25, -0.2) is 0 Å². The fourth-order valence-corrected chi connectivity index (χ4v) is 2.99. The second-order valence-electron chi connectivity index (χ2n) is 5.35. The fraction of sp³-hybridized carbons (Fsp3) is 0.278. The van der Waals surface area contributed by atoms with Gasteiger partial charge in [0.2, 0.25) is 0 Å². The molecular weight excluding hydrogens is 280 g/mol. The Bertz CT molecular complexity index is 762. The zero-order chi connectivity index (χ0) is 15.9. The molecule has 0 N–H and O–H groups in total. The van der Waals surface area contributed by atoms with Crippen LogP contribution in [-0.4, -0.2) is 27.1 Å². The van der Waals surface area contributed by atoms with Crippen molar-refractivity contribution in [2.45, 2.75) is 13.3 Å². The third kappa shape index (κ3) is 2.11. The van der Waals surface area contributed by atoms with Gasteiger partial charge in [-0.05, 0) is 42.2 Å². The molecule has 0 atom stereocenters. The van der Waals surface area contributed by atoms with E-state index in [9.17, 15) is 4.79 Å². The molecule has 3 rings (SSSR count). The Balaban J connectivity index is 2.20. The molecule has 114 valence electrons. The highest BCUT2D eigenvalue weighted by molar-refractivity contribution is 6.14. The van der Waals surface area contributed by atoms with E-state index in [4.69, 9.17) is 14.2 Å². The first kappa shape index (κ1) is 14.4. The molecule has 0 radical (unpaired) electrons. The highest BCUT2D eigenvalue weighted by atomic mass is 16.5. The Morgan fingerprint density at radius 1 is 0.864 bits per heavy atom. The second kappa shape index (κ2) is 5.37. The van der Waals surface area contributed by atoms with Gasteiger partial charge in [0.25, 0.3) is 0 Å². The maximum Gasteiger partial charge on any atom is 0.197 e. The van der Waals surface area contributed by atoms with E-state index >= 15 is 0 Å². The maximum absolute atomic E-state index is 12.9. The maximum atomic E-state index is 12.9. The lowest BCUT2D eigenvalue weighted by Crippen LogP contribution is -2.17. The Morgan fingerprint density at radius 3 is 2.23 bits per heavy atom. The molecule has 1 aliphatic carbocycles. The molecule has 4 heteroatoms. The zero-order valence-corrected chi connectivity index (χ0v) is 13.1. The topological polar surface area (TPSA) is 44.8 Å². The first-order valence-electron chi connectivity index (χ1n) is 7.06. The summed E-state index contributed by atoms with van der Waals surface area (Å²) in [6, 6.07) is 7.48. The van der Waals surface area contributed by atoms with Crippen molar-refractivity contribution in [2.24, 2.45) is 0 Å². The van der Waals surface area contributed by atoms with Gasteiger partial charge in [-0.15, -0.1) is 0 Å². The highest BCUT2D eigenvalue weighted by Crippen LogP contribution is 2.38. The molecule has 1 aliphatic rings. The number of fused-ring (bicyclic) bond motifs is 2. The molecule has 0 fully saturated rings. The lowest BCUT2D eigenvalue weighted by atomic mass is 9.83. The van der Waals surface area contributed by atoms with Crippen LogP contribution in [0.4, 0.5) is 0 Å². The highest BCUT2D eigenvalue weighted by Gasteiger charge is 2.28. The van der Waals surface area contributed by atoms with Crippen LogP contribution in [0.2, 0.25) is 0 Å². The van der Waals surface area contributed by atoms with E-state index in [1.165, 1.54) is 0 Å². The second-order valence-corrected chi connectivity index (χ2v) is 5.35. The summed E-state index contributed by atoms with van der Waals surface area (Å²) in [5.74, 6) is 1.93. The summed E-state index contributed by atoms with van der Waals surface area (Å²) in [6.45, 7) is 1.98. The van der Waals surface area contributed by atoms with Crippen molar-refractivity contribution in [3.63, 3.8) is 0 Å². The van der Waals surface area contributed by atoms with Gasteiger partial charge in [-0.3, -0.25) is 4.79 Å². The SMILES string of the molecule is COc1cc2c(c(OC)c1)C(=O)c1cc(OC)c(C)cc1C2. The average molecular weight is 298 g/mol. The van der Waals surface area contributed by atoms with Gasteiger partial charge >= 0.3 is 0 Å². The summed E-state index contributed by atoms with van der Waals surface area (Å²) in [5, 5.41) is 0. The lowest BCUT2D eigenvalue weighted by Gasteiger charge is -2.22. The predicted molar refractivity (Wildman–Crippen MR) is 83.5 cm³/mol. The minimum atomic E-state index is -0.0333. The van der Waals surface area contributed by atoms with Crippen molar-refractivity contribution in [2.75, 3.05) is 21.3 Å². The van der Waals surface area contributed by atoms with E-state index in [1.54, 1.807) is 27.4 Å². The largest absolute Gasteiger partial charge is 0.497 e. The van der Waals surface area contributed by atoms with Crippen molar-refractivity contribution in [3.05, 3.63) is 52.1 Å². The number of aryl methyl sites for hydroxylation is 1. The van der Waals surface area contributed by atoms with E-state index in [1.807, 2.05) is 25.1 Å². The normalized spacial score (nSPS) is 12.5. The number of benzene rings is 2. The van der Waals surface area contributed by atoms with Crippen LogP contribution in [0, 0.1) is 6.92 Å².